The van der Waals surface area contributed by atoms with Crippen LogP contribution in [-0.4, -0.2) is 70.5 Å². The Morgan fingerprint density at radius 1 is 0.875 bits per heavy atom. The molecule has 24 heavy (non-hydrogen) atoms. The van der Waals surface area contributed by atoms with E-state index in [9.17, 15) is 0 Å². The summed E-state index contributed by atoms with van der Waals surface area (Å²) >= 11 is 0. The average molecular weight is 333 g/mol. The zero-order valence-corrected chi connectivity index (χ0v) is 13.7. The Balaban J connectivity index is 1.35. The summed E-state index contributed by atoms with van der Waals surface area (Å²) in [5.74, 6) is 0.912. The predicted molar refractivity (Wildman–Crippen MR) is 86.8 cm³/mol. The van der Waals surface area contributed by atoms with Gasteiger partial charge < -0.3 is 28.6 Å². The Morgan fingerprint density at radius 2 is 1.50 bits per heavy atom. The summed E-state index contributed by atoms with van der Waals surface area (Å²) in [7, 11) is 0. The van der Waals surface area contributed by atoms with Crippen molar-refractivity contribution >= 4 is 5.69 Å². The molecule has 4 atom stereocenters. The maximum absolute atomic E-state index is 5.86. The zero-order chi connectivity index (χ0) is 15.9. The molecule has 1 aromatic rings. The summed E-state index contributed by atoms with van der Waals surface area (Å²) in [6, 6.07) is 6.39. The Morgan fingerprint density at radius 3 is 2.08 bits per heavy atom. The van der Waals surface area contributed by atoms with Crippen LogP contribution < -0.4 is 9.64 Å². The molecule has 6 nitrogen and oxygen atoms in total. The van der Waals surface area contributed by atoms with Crippen LogP contribution in [0.4, 0.5) is 5.69 Å². The van der Waals surface area contributed by atoms with Crippen molar-refractivity contribution in [1.29, 1.82) is 0 Å². The van der Waals surface area contributed by atoms with Crippen LogP contribution in [-0.2, 0) is 25.4 Å². The second kappa shape index (κ2) is 6.19. The largest absolute Gasteiger partial charge is 0.491 e. The van der Waals surface area contributed by atoms with Gasteiger partial charge in [-0.2, -0.15) is 0 Å². The topological polar surface area (TPSA) is 62.6 Å². The van der Waals surface area contributed by atoms with Crippen LogP contribution in [0.3, 0.4) is 0 Å². The zero-order valence-electron chi connectivity index (χ0n) is 13.7. The lowest BCUT2D eigenvalue weighted by Gasteiger charge is -2.26. The van der Waals surface area contributed by atoms with Crippen LogP contribution >= 0.6 is 0 Å². The van der Waals surface area contributed by atoms with E-state index in [1.165, 1.54) is 11.3 Å². The smallest absolute Gasteiger partial charge is 0.119 e. The lowest BCUT2D eigenvalue weighted by Crippen LogP contribution is -2.32. The molecule has 4 unspecified atom stereocenters. The highest BCUT2D eigenvalue weighted by Crippen LogP contribution is 2.32. The van der Waals surface area contributed by atoms with E-state index in [4.69, 9.17) is 23.7 Å². The third-order valence-electron chi connectivity index (χ3n) is 4.73. The van der Waals surface area contributed by atoms with Gasteiger partial charge in [0.05, 0.1) is 44.7 Å². The molecule has 5 rings (SSSR count). The quantitative estimate of drug-likeness (QED) is 0.596. The number of benzene rings is 1. The standard InChI is InChI=1S/C18H23NO5/c1-2-18(19(5-15-8-22-15)6-16-9-23-16)12(4-14-7-21-14)3-13(1)20-10-17-11-24-17/h1-3,14-17H,4-11H2. The van der Waals surface area contributed by atoms with Crippen LogP contribution in [0, 0.1) is 0 Å². The van der Waals surface area contributed by atoms with E-state index >= 15 is 0 Å². The maximum Gasteiger partial charge on any atom is 0.119 e. The fourth-order valence-electron chi connectivity index (χ4n) is 3.02. The molecular formula is C18H23NO5. The van der Waals surface area contributed by atoms with Gasteiger partial charge in [0.1, 0.15) is 18.5 Å². The first-order valence-electron chi connectivity index (χ1n) is 8.80. The van der Waals surface area contributed by atoms with Gasteiger partial charge >= 0.3 is 0 Å². The highest BCUT2D eigenvalue weighted by Gasteiger charge is 2.33. The normalized spacial score (nSPS) is 32.3. The molecule has 130 valence electrons. The summed E-state index contributed by atoms with van der Waals surface area (Å²) in [6.45, 7) is 5.89. The minimum absolute atomic E-state index is 0.274. The van der Waals surface area contributed by atoms with Gasteiger partial charge in [0.25, 0.3) is 0 Å². The van der Waals surface area contributed by atoms with Crippen LogP contribution in [0.1, 0.15) is 5.56 Å². The highest BCUT2D eigenvalue weighted by atomic mass is 16.6. The van der Waals surface area contributed by atoms with Gasteiger partial charge in [-0.15, -0.1) is 0 Å². The molecule has 4 aliphatic heterocycles. The molecule has 0 spiro atoms. The molecule has 1 aromatic carbocycles. The molecule has 4 saturated heterocycles. The molecule has 4 fully saturated rings. The molecule has 4 aliphatic rings. The lowest BCUT2D eigenvalue weighted by molar-refractivity contribution is 0.263. The summed E-state index contributed by atoms with van der Waals surface area (Å²) in [6.07, 6.45) is 2.27. The highest BCUT2D eigenvalue weighted by molar-refractivity contribution is 5.57. The SMILES string of the molecule is c1cc(N(CC2CO2)CC2CO2)c(CC2CO2)cc1OCC1CO1. The van der Waals surface area contributed by atoms with Crippen molar-refractivity contribution in [3.05, 3.63) is 23.8 Å². The molecule has 0 amide bonds. The number of anilines is 1. The van der Waals surface area contributed by atoms with Crippen molar-refractivity contribution in [3.63, 3.8) is 0 Å². The summed E-state index contributed by atoms with van der Waals surface area (Å²) in [4.78, 5) is 2.40. The Kier molecular flexibility index (Phi) is 3.86. The molecule has 0 aliphatic carbocycles. The molecule has 6 heteroatoms. The second-order valence-electron chi connectivity index (χ2n) is 7.03. The van der Waals surface area contributed by atoms with E-state index < -0.39 is 0 Å². The third-order valence-corrected chi connectivity index (χ3v) is 4.73. The molecule has 0 N–H and O–H groups in total. The van der Waals surface area contributed by atoms with E-state index in [0.29, 0.717) is 24.9 Å². The monoisotopic (exact) mass is 333 g/mol. The molecular weight excluding hydrogens is 310 g/mol. The van der Waals surface area contributed by atoms with Gasteiger partial charge in [-0.05, 0) is 23.8 Å². The van der Waals surface area contributed by atoms with Gasteiger partial charge in [0.15, 0.2) is 0 Å². The van der Waals surface area contributed by atoms with Crippen molar-refractivity contribution in [1.82, 2.24) is 0 Å². The summed E-state index contributed by atoms with van der Waals surface area (Å²) in [5, 5.41) is 0. The van der Waals surface area contributed by atoms with E-state index in [1.807, 2.05) is 0 Å². The molecule has 4 heterocycles. The predicted octanol–water partition coefficient (Wildman–Crippen LogP) is 1.01. The van der Waals surface area contributed by atoms with Crippen molar-refractivity contribution in [2.45, 2.75) is 30.8 Å². The van der Waals surface area contributed by atoms with Crippen LogP contribution in [0.2, 0.25) is 0 Å². The van der Waals surface area contributed by atoms with Gasteiger partial charge in [0.2, 0.25) is 0 Å². The number of hydrogen-bond donors (Lipinski definition) is 0. The minimum atomic E-state index is 0.274. The maximum atomic E-state index is 5.86. The van der Waals surface area contributed by atoms with Crippen LogP contribution in [0.15, 0.2) is 18.2 Å². The van der Waals surface area contributed by atoms with Crippen molar-refractivity contribution in [2.75, 3.05) is 51.0 Å². The van der Waals surface area contributed by atoms with Gasteiger partial charge in [-0.25, -0.2) is 0 Å². The first-order chi connectivity index (χ1) is 11.8. The summed E-state index contributed by atoms with van der Waals surface area (Å²) in [5.41, 5.74) is 2.54. The number of ether oxygens (including phenoxy) is 5. The third kappa shape index (κ3) is 4.00. The van der Waals surface area contributed by atoms with E-state index in [2.05, 4.69) is 23.1 Å². The molecule has 0 bridgehead atoms. The minimum Gasteiger partial charge on any atom is -0.491 e. The fraction of sp³-hybridized carbons (Fsp3) is 0.667. The van der Waals surface area contributed by atoms with E-state index in [0.717, 1.165) is 51.7 Å². The summed E-state index contributed by atoms with van der Waals surface area (Å²) < 4.78 is 27.4. The molecule has 0 saturated carbocycles. The first kappa shape index (κ1) is 15.0. The number of hydrogen-bond acceptors (Lipinski definition) is 6. The fourth-order valence-corrected chi connectivity index (χ4v) is 3.02. The average Bonchev–Trinajstić information content (AvgIpc) is 3.43. The van der Waals surface area contributed by atoms with Crippen molar-refractivity contribution in [2.24, 2.45) is 0 Å². The number of nitrogens with zero attached hydrogens (tertiary/aromatic N) is 1. The Bertz CT molecular complexity index is 579. The first-order valence-corrected chi connectivity index (χ1v) is 8.80. The van der Waals surface area contributed by atoms with Crippen LogP contribution in [0.25, 0.3) is 0 Å². The van der Waals surface area contributed by atoms with Gasteiger partial charge in [-0.3, -0.25) is 0 Å². The second-order valence-corrected chi connectivity index (χ2v) is 7.03. The van der Waals surface area contributed by atoms with Gasteiger partial charge in [0, 0.05) is 25.2 Å². The van der Waals surface area contributed by atoms with E-state index in [1.54, 1.807) is 0 Å². The van der Waals surface area contributed by atoms with Crippen molar-refractivity contribution < 1.29 is 23.7 Å². The van der Waals surface area contributed by atoms with E-state index in [-0.39, 0.29) is 6.10 Å². The van der Waals surface area contributed by atoms with Crippen molar-refractivity contribution in [3.8, 4) is 5.75 Å². The molecule has 0 radical (unpaired) electrons. The molecule has 0 aromatic heterocycles. The number of epoxide rings is 4. The Hall–Kier alpha value is -1.34. The van der Waals surface area contributed by atoms with Crippen LogP contribution in [0.5, 0.6) is 5.75 Å². The lowest BCUT2D eigenvalue weighted by atomic mass is 10.1. The Labute approximate surface area is 141 Å². The van der Waals surface area contributed by atoms with Gasteiger partial charge in [-0.1, -0.05) is 0 Å². The number of rotatable bonds is 10.